The summed E-state index contributed by atoms with van der Waals surface area (Å²) in [7, 11) is -3.39. The maximum atomic E-state index is 11.7. The van der Waals surface area contributed by atoms with Gasteiger partial charge in [-0.25, -0.2) is 8.42 Å². The number of aryl methyl sites for hydroxylation is 1. The number of sulfonamides is 1. The van der Waals surface area contributed by atoms with E-state index in [0.29, 0.717) is 16.5 Å². The zero-order valence-corrected chi connectivity index (χ0v) is 22.2. The molecule has 2 aromatic carbocycles. The Balaban J connectivity index is 1.64. The monoisotopic (exact) mass is 533 g/mol. The number of para-hydroxylation sites is 2. The zero-order chi connectivity index (χ0) is 26.3. The fourth-order valence-electron chi connectivity index (χ4n) is 4.96. The molecule has 0 amide bonds. The molecule has 2 atom stereocenters. The van der Waals surface area contributed by atoms with E-state index in [-0.39, 0.29) is 17.8 Å². The number of aromatic hydroxyl groups is 1. The molecule has 4 aromatic rings. The minimum absolute atomic E-state index is 0.197. The van der Waals surface area contributed by atoms with Crippen LogP contribution in [-0.4, -0.2) is 34.4 Å². The molecule has 0 aliphatic carbocycles. The molecule has 10 heteroatoms. The summed E-state index contributed by atoms with van der Waals surface area (Å²) in [6.07, 6.45) is 2.88. The zero-order valence-electron chi connectivity index (χ0n) is 20.6. The SMILES string of the molecule is Cc1cc(C2C(c3ccccn3)NC(=S)N2c2ccc(NS(C)(=O)=O)cc2)c(C)n1-c1ccccc1O. The number of aromatic nitrogens is 2. The van der Waals surface area contributed by atoms with Gasteiger partial charge in [0.25, 0.3) is 0 Å². The van der Waals surface area contributed by atoms with Gasteiger partial charge in [-0.15, -0.1) is 0 Å². The van der Waals surface area contributed by atoms with Crippen LogP contribution in [0.5, 0.6) is 5.75 Å². The van der Waals surface area contributed by atoms with E-state index in [1.165, 1.54) is 0 Å². The van der Waals surface area contributed by atoms with Gasteiger partial charge in [0, 0.05) is 29.0 Å². The fraction of sp³-hybridized carbons (Fsp3) is 0.185. The van der Waals surface area contributed by atoms with Crippen molar-refractivity contribution in [3.8, 4) is 11.4 Å². The summed E-state index contributed by atoms with van der Waals surface area (Å²) in [6.45, 7) is 4.04. The number of benzene rings is 2. The van der Waals surface area contributed by atoms with Crippen LogP contribution in [0.15, 0.2) is 79.0 Å². The molecule has 0 radical (unpaired) electrons. The van der Waals surface area contributed by atoms with Gasteiger partial charge in [0.05, 0.1) is 29.7 Å². The highest BCUT2D eigenvalue weighted by Gasteiger charge is 2.42. The molecule has 1 fully saturated rings. The largest absolute Gasteiger partial charge is 0.506 e. The second kappa shape index (κ2) is 9.53. The van der Waals surface area contributed by atoms with Crippen molar-refractivity contribution < 1.29 is 13.5 Å². The number of nitrogens with one attached hydrogen (secondary N) is 2. The smallest absolute Gasteiger partial charge is 0.229 e. The van der Waals surface area contributed by atoms with Crippen molar-refractivity contribution in [1.82, 2.24) is 14.9 Å². The van der Waals surface area contributed by atoms with Crippen molar-refractivity contribution in [1.29, 1.82) is 0 Å². The van der Waals surface area contributed by atoms with Crippen LogP contribution in [-0.2, 0) is 10.0 Å². The molecular weight excluding hydrogens is 506 g/mol. The number of phenols is 1. The molecule has 0 spiro atoms. The number of nitrogens with zero attached hydrogens (tertiary/aromatic N) is 3. The van der Waals surface area contributed by atoms with E-state index in [2.05, 4.69) is 21.1 Å². The van der Waals surface area contributed by atoms with Gasteiger partial charge in [-0.1, -0.05) is 18.2 Å². The minimum Gasteiger partial charge on any atom is -0.506 e. The number of hydrogen-bond acceptors (Lipinski definition) is 5. The number of hydrogen-bond donors (Lipinski definition) is 3. The van der Waals surface area contributed by atoms with Crippen LogP contribution in [0, 0.1) is 13.8 Å². The van der Waals surface area contributed by atoms with E-state index in [1.54, 1.807) is 30.5 Å². The molecule has 1 aliphatic rings. The van der Waals surface area contributed by atoms with Crippen LogP contribution in [0.3, 0.4) is 0 Å². The van der Waals surface area contributed by atoms with E-state index in [1.807, 2.05) is 65.8 Å². The molecule has 8 nitrogen and oxygen atoms in total. The molecule has 0 bridgehead atoms. The third kappa shape index (κ3) is 4.77. The Morgan fingerprint density at radius 1 is 1.03 bits per heavy atom. The van der Waals surface area contributed by atoms with Gasteiger partial charge in [0.2, 0.25) is 10.0 Å². The summed E-state index contributed by atoms with van der Waals surface area (Å²) in [5.41, 5.74) is 5.81. The second-order valence-corrected chi connectivity index (χ2v) is 11.2. The van der Waals surface area contributed by atoms with E-state index in [9.17, 15) is 13.5 Å². The minimum atomic E-state index is -3.39. The Morgan fingerprint density at radius 3 is 2.38 bits per heavy atom. The molecule has 0 saturated carbocycles. The van der Waals surface area contributed by atoms with Gasteiger partial charge in [0.15, 0.2) is 5.11 Å². The molecule has 1 aliphatic heterocycles. The van der Waals surface area contributed by atoms with Crippen molar-refractivity contribution in [3.63, 3.8) is 0 Å². The van der Waals surface area contributed by atoms with Crippen molar-refractivity contribution >= 4 is 38.7 Å². The Labute approximate surface area is 221 Å². The molecule has 2 aromatic heterocycles. The van der Waals surface area contributed by atoms with Crippen molar-refractivity contribution in [2.45, 2.75) is 25.9 Å². The number of anilines is 2. The summed E-state index contributed by atoms with van der Waals surface area (Å²) < 4.78 is 27.9. The quantitative estimate of drug-likeness (QED) is 0.308. The Morgan fingerprint density at radius 2 is 1.73 bits per heavy atom. The standard InChI is InChI=1S/C27H27N5O3S2/c1-17-16-21(18(2)31(17)23-9-4-5-10-24(23)33)26-25(22-8-6-7-15-28-22)29-27(36)32(26)20-13-11-19(12-14-20)30-37(3,34)35/h4-16,25-26,30,33H,1-3H3,(H,29,36). The first-order chi connectivity index (χ1) is 17.6. The average molecular weight is 534 g/mol. The Kier molecular flexibility index (Phi) is 6.38. The van der Waals surface area contributed by atoms with Gasteiger partial charge in [0.1, 0.15) is 5.75 Å². The summed E-state index contributed by atoms with van der Waals surface area (Å²) in [4.78, 5) is 6.65. The normalized spacial score (nSPS) is 17.6. The molecule has 3 heterocycles. The van der Waals surface area contributed by atoms with E-state index >= 15 is 0 Å². The number of pyridine rings is 1. The van der Waals surface area contributed by atoms with Gasteiger partial charge in [-0.3, -0.25) is 9.71 Å². The fourth-order valence-corrected chi connectivity index (χ4v) is 5.87. The average Bonchev–Trinajstić information content (AvgIpc) is 3.35. The molecular formula is C27H27N5O3S2. The number of rotatable bonds is 6. The molecule has 1 saturated heterocycles. The first kappa shape index (κ1) is 24.8. The summed E-state index contributed by atoms with van der Waals surface area (Å²) >= 11 is 5.82. The number of phenolic OH excluding ortho intramolecular Hbond substituents is 1. The molecule has 3 N–H and O–H groups in total. The van der Waals surface area contributed by atoms with Crippen LogP contribution in [0.25, 0.3) is 5.69 Å². The van der Waals surface area contributed by atoms with Crippen molar-refractivity contribution in [2.24, 2.45) is 0 Å². The predicted molar refractivity (Wildman–Crippen MR) is 150 cm³/mol. The first-order valence-electron chi connectivity index (χ1n) is 11.7. The van der Waals surface area contributed by atoms with Crippen molar-refractivity contribution in [3.05, 3.63) is 102 Å². The third-order valence-electron chi connectivity index (χ3n) is 6.46. The third-order valence-corrected chi connectivity index (χ3v) is 7.38. The highest BCUT2D eigenvalue weighted by atomic mass is 32.2. The molecule has 2 unspecified atom stereocenters. The van der Waals surface area contributed by atoms with Gasteiger partial charge in [-0.2, -0.15) is 0 Å². The van der Waals surface area contributed by atoms with E-state index < -0.39 is 10.0 Å². The van der Waals surface area contributed by atoms with E-state index in [0.717, 1.165) is 34.6 Å². The first-order valence-corrected chi connectivity index (χ1v) is 14.0. The molecule has 190 valence electrons. The Hall–Kier alpha value is -3.89. The Bertz CT molecular complexity index is 1570. The summed E-state index contributed by atoms with van der Waals surface area (Å²) in [5, 5.41) is 14.6. The van der Waals surface area contributed by atoms with Crippen LogP contribution in [0.1, 0.15) is 34.7 Å². The van der Waals surface area contributed by atoms with Crippen LogP contribution >= 0.6 is 12.2 Å². The predicted octanol–water partition coefficient (Wildman–Crippen LogP) is 4.74. The maximum Gasteiger partial charge on any atom is 0.229 e. The van der Waals surface area contributed by atoms with Crippen LogP contribution in [0.4, 0.5) is 11.4 Å². The second-order valence-electron chi connectivity index (χ2n) is 9.07. The highest BCUT2D eigenvalue weighted by Crippen LogP contribution is 2.44. The summed E-state index contributed by atoms with van der Waals surface area (Å²) in [5.74, 6) is 0.197. The van der Waals surface area contributed by atoms with Crippen molar-refractivity contribution in [2.75, 3.05) is 15.9 Å². The highest BCUT2D eigenvalue weighted by molar-refractivity contribution is 7.92. The molecule has 37 heavy (non-hydrogen) atoms. The summed E-state index contributed by atoms with van der Waals surface area (Å²) in [6, 6.07) is 21.8. The van der Waals surface area contributed by atoms with Gasteiger partial charge >= 0.3 is 0 Å². The number of thiocarbonyl (C=S) groups is 1. The van der Waals surface area contributed by atoms with E-state index in [4.69, 9.17) is 12.2 Å². The van der Waals surface area contributed by atoms with Crippen LogP contribution < -0.4 is 14.9 Å². The topological polar surface area (TPSA) is 99.5 Å². The van der Waals surface area contributed by atoms with Gasteiger partial charge in [-0.05, 0) is 86.2 Å². The lowest BCUT2D eigenvalue weighted by atomic mass is 9.96. The lowest BCUT2D eigenvalue weighted by Gasteiger charge is -2.28. The van der Waals surface area contributed by atoms with Gasteiger partial charge < -0.3 is 19.9 Å². The molecule has 5 rings (SSSR count). The lowest BCUT2D eigenvalue weighted by Crippen LogP contribution is -2.29. The van der Waals surface area contributed by atoms with Crippen LogP contribution in [0.2, 0.25) is 0 Å². The maximum absolute atomic E-state index is 11.7. The lowest BCUT2D eigenvalue weighted by molar-refractivity contribution is 0.471.